The third-order valence-electron chi connectivity index (χ3n) is 4.99. The molecule has 1 saturated carbocycles. The lowest BCUT2D eigenvalue weighted by Crippen LogP contribution is -2.23. The minimum absolute atomic E-state index is 0.0195. The van der Waals surface area contributed by atoms with E-state index >= 15 is 0 Å². The molecule has 2 rings (SSSR count). The van der Waals surface area contributed by atoms with Gasteiger partial charge in [-0.25, -0.2) is 9.18 Å². The smallest absolute Gasteiger partial charge is 0.449 e. The summed E-state index contributed by atoms with van der Waals surface area (Å²) in [6, 6.07) is 0. The van der Waals surface area contributed by atoms with Crippen molar-refractivity contribution in [2.75, 3.05) is 5.75 Å². The van der Waals surface area contributed by atoms with Gasteiger partial charge in [0.05, 0.1) is 11.0 Å². The Morgan fingerprint density at radius 2 is 2.19 bits per heavy atom. The highest BCUT2D eigenvalue weighted by molar-refractivity contribution is 8.01. The number of aromatic nitrogens is 1. The Bertz CT molecular complexity index is 837. The van der Waals surface area contributed by atoms with E-state index in [4.69, 9.17) is 5.11 Å². The van der Waals surface area contributed by atoms with Gasteiger partial charge in [0.2, 0.25) is 5.88 Å². The van der Waals surface area contributed by atoms with Crippen LogP contribution in [0.15, 0.2) is 33.8 Å². The maximum atomic E-state index is 12.9. The molecule has 1 fully saturated rings. The molecule has 1 aromatic rings. The number of thioether (sulfide) groups is 1. The normalized spacial score (nSPS) is 20.7. The average molecular weight is 480 g/mol. The molecule has 11 heteroatoms. The zero-order chi connectivity index (χ0) is 23.0. The van der Waals surface area contributed by atoms with E-state index in [0.29, 0.717) is 29.4 Å². The number of carbonyl (C=O) groups excluding carboxylic acids is 1. The number of Topliss-reactive ketones (excluding diaryl/α,β-unsaturated/α-hetero) is 1. The molecule has 0 unspecified atom stereocenters. The number of hydrogen-bond donors (Lipinski definition) is 2. The molecule has 0 aromatic carbocycles. The number of rotatable bonds is 11. The minimum atomic E-state index is -2.36. The summed E-state index contributed by atoms with van der Waals surface area (Å²) < 4.78 is 42.4. The van der Waals surface area contributed by atoms with Crippen LogP contribution >= 0.6 is 23.1 Å². The number of thiazole rings is 1. The molecule has 1 aliphatic rings. The van der Waals surface area contributed by atoms with Crippen molar-refractivity contribution in [3.05, 3.63) is 29.4 Å². The lowest BCUT2D eigenvalue weighted by Gasteiger charge is -2.21. The standard InChI is InChI=1S/C20H24F3NO5S2/c1-20(28,9-6-14(21)17(22)23)8-2-3-12-4-5-15(25)13(12)7-10-30-18-24-16(11-31-18)29-19(26)27/h2-3,11-13,28H,4-10H2,1H3,(H,26,27)/b3-2+/t12-,13+,20-/m0/s1. The Morgan fingerprint density at radius 3 is 2.87 bits per heavy atom. The molecule has 0 spiro atoms. The van der Waals surface area contributed by atoms with Gasteiger partial charge in [-0.1, -0.05) is 23.9 Å². The fourth-order valence-electron chi connectivity index (χ4n) is 3.33. The molecular formula is C20H24F3NO5S2. The first kappa shape index (κ1) is 25.4. The molecule has 2 N–H and O–H groups in total. The molecule has 31 heavy (non-hydrogen) atoms. The van der Waals surface area contributed by atoms with E-state index in [1.807, 2.05) is 6.08 Å². The molecule has 0 saturated heterocycles. The summed E-state index contributed by atoms with van der Waals surface area (Å²) in [6.45, 7) is 1.46. The van der Waals surface area contributed by atoms with Crippen LogP contribution in [0.25, 0.3) is 0 Å². The number of carboxylic acid groups (broad SMARTS) is 1. The summed E-state index contributed by atoms with van der Waals surface area (Å²) in [5, 5.41) is 20.3. The van der Waals surface area contributed by atoms with Crippen molar-refractivity contribution in [1.29, 1.82) is 0 Å². The monoisotopic (exact) mass is 479 g/mol. The average Bonchev–Trinajstić information content (AvgIpc) is 3.26. The van der Waals surface area contributed by atoms with Gasteiger partial charge in [0.1, 0.15) is 5.78 Å². The third kappa shape index (κ3) is 8.66. The fourth-order valence-corrected chi connectivity index (χ4v) is 5.14. The summed E-state index contributed by atoms with van der Waals surface area (Å²) in [5.41, 5.74) is -1.32. The highest BCUT2D eigenvalue weighted by Crippen LogP contribution is 2.35. The van der Waals surface area contributed by atoms with Crippen LogP contribution < -0.4 is 4.74 Å². The quantitative estimate of drug-likeness (QED) is 0.234. The van der Waals surface area contributed by atoms with Crippen LogP contribution in [0.2, 0.25) is 0 Å². The summed E-state index contributed by atoms with van der Waals surface area (Å²) in [5.74, 6) is -0.838. The highest BCUT2D eigenvalue weighted by Gasteiger charge is 2.32. The van der Waals surface area contributed by atoms with E-state index in [0.717, 1.165) is 0 Å². The van der Waals surface area contributed by atoms with Crippen LogP contribution in [-0.2, 0) is 4.79 Å². The molecule has 0 bridgehead atoms. The second kappa shape index (κ2) is 11.7. The van der Waals surface area contributed by atoms with Gasteiger partial charge in [-0.05, 0) is 38.5 Å². The van der Waals surface area contributed by atoms with Crippen molar-refractivity contribution in [3.8, 4) is 5.88 Å². The van der Waals surface area contributed by atoms with Crippen LogP contribution in [0, 0.1) is 11.8 Å². The Balaban J connectivity index is 1.82. The molecule has 0 amide bonds. The number of allylic oxidation sites excluding steroid dienone is 2. The number of ketones is 1. The van der Waals surface area contributed by atoms with Crippen molar-refractivity contribution in [2.45, 2.75) is 55.4 Å². The lowest BCUT2D eigenvalue weighted by atomic mass is 9.90. The van der Waals surface area contributed by atoms with E-state index in [1.54, 1.807) is 6.08 Å². The third-order valence-corrected chi connectivity index (χ3v) is 7.02. The molecule has 172 valence electrons. The van der Waals surface area contributed by atoms with Crippen LogP contribution in [0.3, 0.4) is 0 Å². The fraction of sp³-hybridized carbons (Fsp3) is 0.550. The van der Waals surface area contributed by atoms with Crippen molar-refractivity contribution < 1.29 is 37.7 Å². The Morgan fingerprint density at radius 1 is 1.45 bits per heavy atom. The number of hydrogen-bond acceptors (Lipinski definition) is 7. The summed E-state index contributed by atoms with van der Waals surface area (Å²) in [6.07, 6.45) is 1.12. The zero-order valence-corrected chi connectivity index (χ0v) is 18.5. The molecule has 0 radical (unpaired) electrons. The largest absolute Gasteiger partial charge is 0.512 e. The summed E-state index contributed by atoms with van der Waals surface area (Å²) in [7, 11) is 0. The van der Waals surface area contributed by atoms with Crippen molar-refractivity contribution in [2.24, 2.45) is 11.8 Å². The van der Waals surface area contributed by atoms with Gasteiger partial charge in [-0.2, -0.15) is 13.8 Å². The van der Waals surface area contributed by atoms with Crippen LogP contribution in [-0.4, -0.2) is 38.5 Å². The SMILES string of the molecule is C[C@](O)(C/C=C/[C@H]1CCC(=O)[C@@H]1CCSc1nc(OC(=O)O)cs1)CCC(F)=C(F)F. The van der Waals surface area contributed by atoms with Crippen LogP contribution in [0.4, 0.5) is 18.0 Å². The van der Waals surface area contributed by atoms with Gasteiger partial charge in [-0.3, -0.25) is 4.79 Å². The molecule has 1 aromatic heterocycles. The molecule has 3 atom stereocenters. The van der Waals surface area contributed by atoms with Crippen molar-refractivity contribution in [1.82, 2.24) is 4.98 Å². The molecule has 6 nitrogen and oxygen atoms in total. The van der Waals surface area contributed by atoms with Crippen molar-refractivity contribution in [3.63, 3.8) is 0 Å². The molecule has 1 heterocycles. The number of ether oxygens (including phenoxy) is 1. The maximum absolute atomic E-state index is 12.9. The van der Waals surface area contributed by atoms with E-state index in [9.17, 15) is 27.9 Å². The number of halogens is 3. The van der Waals surface area contributed by atoms with E-state index in [2.05, 4.69) is 9.72 Å². The van der Waals surface area contributed by atoms with E-state index in [-0.39, 0.29) is 36.3 Å². The van der Waals surface area contributed by atoms with Gasteiger partial charge < -0.3 is 14.9 Å². The van der Waals surface area contributed by atoms with Gasteiger partial charge in [0, 0.05) is 24.5 Å². The summed E-state index contributed by atoms with van der Waals surface area (Å²) in [4.78, 5) is 26.8. The number of aliphatic hydroxyl groups is 1. The van der Waals surface area contributed by atoms with E-state index < -0.39 is 30.1 Å². The van der Waals surface area contributed by atoms with Crippen molar-refractivity contribution >= 4 is 35.0 Å². The predicted molar refractivity (Wildman–Crippen MR) is 111 cm³/mol. The van der Waals surface area contributed by atoms with Crippen LogP contribution in [0.5, 0.6) is 5.88 Å². The number of nitrogens with zero attached hydrogens (tertiary/aromatic N) is 1. The van der Waals surface area contributed by atoms with Gasteiger partial charge >= 0.3 is 12.2 Å². The van der Waals surface area contributed by atoms with Gasteiger partial charge in [-0.15, -0.1) is 11.3 Å². The minimum Gasteiger partial charge on any atom is -0.449 e. The molecule has 1 aliphatic carbocycles. The van der Waals surface area contributed by atoms with Crippen LogP contribution in [0.1, 0.15) is 45.4 Å². The first-order chi connectivity index (χ1) is 14.6. The predicted octanol–water partition coefficient (Wildman–Crippen LogP) is 5.83. The first-order valence-corrected chi connectivity index (χ1v) is 11.5. The van der Waals surface area contributed by atoms with E-state index in [1.165, 1.54) is 35.4 Å². The second-order valence-corrected chi connectivity index (χ2v) is 9.73. The molecular weight excluding hydrogens is 455 g/mol. The molecule has 0 aliphatic heterocycles. The van der Waals surface area contributed by atoms with Gasteiger partial charge in [0.15, 0.2) is 10.2 Å². The Kier molecular flexibility index (Phi) is 9.57. The first-order valence-electron chi connectivity index (χ1n) is 9.68. The second-order valence-electron chi connectivity index (χ2n) is 7.53. The Labute approximate surface area is 186 Å². The topological polar surface area (TPSA) is 96.7 Å². The maximum Gasteiger partial charge on any atom is 0.512 e. The lowest BCUT2D eigenvalue weighted by molar-refractivity contribution is -0.121. The highest BCUT2D eigenvalue weighted by atomic mass is 32.2. The van der Waals surface area contributed by atoms with Gasteiger partial charge in [0.25, 0.3) is 0 Å². The number of carbonyl (C=O) groups is 2. The Hall–Kier alpha value is -1.85. The zero-order valence-electron chi connectivity index (χ0n) is 16.9. The summed E-state index contributed by atoms with van der Waals surface area (Å²) >= 11 is 2.68.